The SMILES string of the molecule is CC(C)c1ccc(N2C(=O)C(=NNc3cccc(-c4cccc(OC(=O)O)c4)c3O)c3ccc(Cl)cc32)cc1. The van der Waals surface area contributed by atoms with Crippen LogP contribution in [0.1, 0.15) is 30.9 Å². The molecule has 5 rings (SSSR count). The van der Waals surface area contributed by atoms with Crippen LogP contribution < -0.4 is 15.1 Å². The maximum absolute atomic E-state index is 13.6. The standard InChI is InChI=1S/C30H24ClN3O5/c1-17(2)18-9-12-21(13-10-18)34-26-16-20(31)11-14-24(26)27(29(34)36)33-32-25-8-4-7-23(28(25)35)19-5-3-6-22(15-19)39-30(37)38/h3-17,32,35H,1-2H3,(H,37,38). The van der Waals surface area contributed by atoms with E-state index in [-0.39, 0.29) is 28.8 Å². The topological polar surface area (TPSA) is 111 Å². The second-order valence-corrected chi connectivity index (χ2v) is 9.65. The maximum atomic E-state index is 13.6. The van der Waals surface area contributed by atoms with Crippen molar-refractivity contribution >= 4 is 46.4 Å². The number of aromatic hydroxyl groups is 1. The van der Waals surface area contributed by atoms with Crippen molar-refractivity contribution in [2.24, 2.45) is 5.10 Å². The first-order valence-electron chi connectivity index (χ1n) is 12.1. The van der Waals surface area contributed by atoms with E-state index in [2.05, 4.69) is 24.4 Å². The number of ether oxygens (including phenoxy) is 1. The molecule has 3 N–H and O–H groups in total. The molecule has 1 heterocycles. The van der Waals surface area contributed by atoms with Crippen LogP contribution in [0.2, 0.25) is 5.02 Å². The van der Waals surface area contributed by atoms with Crippen molar-refractivity contribution in [3.05, 3.63) is 101 Å². The lowest BCUT2D eigenvalue weighted by Crippen LogP contribution is -2.26. The molecule has 0 atom stereocenters. The van der Waals surface area contributed by atoms with Crippen molar-refractivity contribution in [2.75, 3.05) is 10.3 Å². The Morgan fingerprint density at radius 2 is 1.72 bits per heavy atom. The molecule has 9 heteroatoms. The maximum Gasteiger partial charge on any atom is 0.511 e. The molecular formula is C30H24ClN3O5. The summed E-state index contributed by atoms with van der Waals surface area (Å²) < 4.78 is 4.73. The second-order valence-electron chi connectivity index (χ2n) is 9.22. The van der Waals surface area contributed by atoms with Gasteiger partial charge in [0, 0.05) is 21.8 Å². The Bertz CT molecular complexity index is 1620. The summed E-state index contributed by atoms with van der Waals surface area (Å²) in [6.45, 7) is 4.21. The number of halogens is 1. The summed E-state index contributed by atoms with van der Waals surface area (Å²) in [7, 11) is 0. The normalized spacial score (nSPS) is 13.6. The summed E-state index contributed by atoms with van der Waals surface area (Å²) in [5, 5.41) is 24.8. The van der Waals surface area contributed by atoms with E-state index in [0.29, 0.717) is 39.0 Å². The number of rotatable bonds is 6. The number of carbonyl (C=O) groups excluding carboxylic acids is 1. The number of benzene rings is 4. The summed E-state index contributed by atoms with van der Waals surface area (Å²) in [5.41, 5.74) is 7.26. The van der Waals surface area contributed by atoms with E-state index in [1.807, 2.05) is 24.3 Å². The van der Waals surface area contributed by atoms with E-state index in [0.717, 1.165) is 5.56 Å². The average molecular weight is 542 g/mol. The summed E-state index contributed by atoms with van der Waals surface area (Å²) in [6.07, 6.45) is -1.43. The Morgan fingerprint density at radius 1 is 0.974 bits per heavy atom. The van der Waals surface area contributed by atoms with E-state index < -0.39 is 6.16 Å². The van der Waals surface area contributed by atoms with Gasteiger partial charge in [-0.05, 0) is 65.6 Å². The van der Waals surface area contributed by atoms with Crippen molar-refractivity contribution in [1.29, 1.82) is 0 Å². The summed E-state index contributed by atoms with van der Waals surface area (Å²) in [5.74, 6) is 0.00166. The van der Waals surface area contributed by atoms with Gasteiger partial charge < -0.3 is 14.9 Å². The van der Waals surface area contributed by atoms with Crippen LogP contribution in [0.25, 0.3) is 11.1 Å². The van der Waals surface area contributed by atoms with E-state index in [1.54, 1.807) is 53.4 Å². The van der Waals surface area contributed by atoms with Crippen LogP contribution in [-0.2, 0) is 4.79 Å². The molecule has 39 heavy (non-hydrogen) atoms. The third kappa shape index (κ3) is 5.15. The molecule has 8 nitrogen and oxygen atoms in total. The summed E-state index contributed by atoms with van der Waals surface area (Å²) in [6, 6.07) is 24.3. The van der Waals surface area contributed by atoms with Crippen LogP contribution in [0.5, 0.6) is 11.5 Å². The zero-order valence-corrected chi connectivity index (χ0v) is 21.8. The minimum absolute atomic E-state index is 0.117. The zero-order chi connectivity index (χ0) is 27.7. The van der Waals surface area contributed by atoms with Gasteiger partial charge in [-0.25, -0.2) is 4.79 Å². The molecule has 4 aromatic rings. The first kappa shape index (κ1) is 25.8. The molecule has 0 saturated carbocycles. The van der Waals surface area contributed by atoms with Gasteiger partial charge in [-0.15, -0.1) is 0 Å². The number of hydrazone groups is 1. The fraction of sp³-hybridized carbons (Fsp3) is 0.100. The first-order valence-corrected chi connectivity index (χ1v) is 12.5. The Hall–Kier alpha value is -4.82. The predicted molar refractivity (Wildman–Crippen MR) is 151 cm³/mol. The van der Waals surface area contributed by atoms with Crippen molar-refractivity contribution in [3.63, 3.8) is 0 Å². The quantitative estimate of drug-likeness (QED) is 0.102. The van der Waals surface area contributed by atoms with E-state index >= 15 is 0 Å². The number of nitrogens with zero attached hydrogens (tertiary/aromatic N) is 2. The fourth-order valence-electron chi connectivity index (χ4n) is 4.40. The molecule has 1 aliphatic rings. The Balaban J connectivity index is 1.48. The van der Waals surface area contributed by atoms with Gasteiger partial charge in [-0.3, -0.25) is 15.1 Å². The number of carboxylic acid groups (broad SMARTS) is 1. The average Bonchev–Trinajstić information content (AvgIpc) is 3.18. The van der Waals surface area contributed by atoms with Crippen LogP contribution in [0.4, 0.5) is 21.9 Å². The number of hydrogen-bond donors (Lipinski definition) is 3. The molecular weight excluding hydrogens is 518 g/mol. The van der Waals surface area contributed by atoms with E-state index in [4.69, 9.17) is 21.4 Å². The molecule has 1 aliphatic heterocycles. The Morgan fingerprint density at radius 3 is 2.44 bits per heavy atom. The highest BCUT2D eigenvalue weighted by molar-refractivity contribution is 6.56. The number of phenolic OH excluding ortho intramolecular Hbond substituents is 1. The monoisotopic (exact) mass is 541 g/mol. The number of hydrogen-bond acceptors (Lipinski definition) is 6. The molecule has 0 aromatic heterocycles. The zero-order valence-electron chi connectivity index (χ0n) is 21.1. The highest BCUT2D eigenvalue weighted by Gasteiger charge is 2.35. The van der Waals surface area contributed by atoms with Gasteiger partial charge in [0.05, 0.1) is 11.4 Å². The third-order valence-electron chi connectivity index (χ3n) is 6.35. The number of carbonyl (C=O) groups is 2. The van der Waals surface area contributed by atoms with Crippen LogP contribution in [0.3, 0.4) is 0 Å². The Kier molecular flexibility index (Phi) is 6.96. The van der Waals surface area contributed by atoms with E-state index in [9.17, 15) is 14.7 Å². The summed E-state index contributed by atoms with van der Waals surface area (Å²) in [4.78, 5) is 26.1. The molecule has 0 spiro atoms. The van der Waals surface area contributed by atoms with Crippen LogP contribution in [0.15, 0.2) is 90.0 Å². The molecule has 0 fully saturated rings. The minimum atomic E-state index is -1.43. The highest BCUT2D eigenvalue weighted by atomic mass is 35.5. The van der Waals surface area contributed by atoms with Crippen LogP contribution >= 0.6 is 11.6 Å². The fourth-order valence-corrected chi connectivity index (χ4v) is 4.57. The van der Waals surface area contributed by atoms with Crippen molar-refractivity contribution < 1.29 is 24.5 Å². The highest BCUT2D eigenvalue weighted by Crippen LogP contribution is 2.39. The van der Waals surface area contributed by atoms with Crippen molar-refractivity contribution in [2.45, 2.75) is 19.8 Å². The molecule has 0 saturated heterocycles. The van der Waals surface area contributed by atoms with Gasteiger partial charge in [-0.2, -0.15) is 5.10 Å². The Labute approximate surface area is 229 Å². The molecule has 0 aliphatic carbocycles. The van der Waals surface area contributed by atoms with Gasteiger partial charge in [0.1, 0.15) is 11.5 Å². The lowest BCUT2D eigenvalue weighted by molar-refractivity contribution is -0.111. The second kappa shape index (κ2) is 10.5. The van der Waals surface area contributed by atoms with Gasteiger partial charge in [0.2, 0.25) is 0 Å². The molecule has 1 amide bonds. The molecule has 0 bridgehead atoms. The van der Waals surface area contributed by atoms with Gasteiger partial charge in [0.25, 0.3) is 5.91 Å². The summed E-state index contributed by atoms with van der Waals surface area (Å²) >= 11 is 6.28. The number of nitrogens with one attached hydrogen (secondary N) is 1. The lowest BCUT2D eigenvalue weighted by Gasteiger charge is -2.18. The number of amides is 1. The van der Waals surface area contributed by atoms with Crippen LogP contribution in [-0.4, -0.2) is 28.0 Å². The number of fused-ring (bicyclic) bond motifs is 1. The first-order chi connectivity index (χ1) is 18.7. The third-order valence-corrected chi connectivity index (χ3v) is 6.59. The van der Waals surface area contributed by atoms with Gasteiger partial charge in [-0.1, -0.05) is 61.8 Å². The molecule has 196 valence electrons. The molecule has 0 unspecified atom stereocenters. The van der Waals surface area contributed by atoms with Crippen molar-refractivity contribution in [1.82, 2.24) is 0 Å². The lowest BCUT2D eigenvalue weighted by atomic mass is 10.0. The number of anilines is 3. The van der Waals surface area contributed by atoms with Crippen molar-refractivity contribution in [3.8, 4) is 22.6 Å². The van der Waals surface area contributed by atoms with E-state index in [1.165, 1.54) is 12.1 Å². The minimum Gasteiger partial charge on any atom is -0.505 e. The van der Waals surface area contributed by atoms with Gasteiger partial charge in [0.15, 0.2) is 5.71 Å². The van der Waals surface area contributed by atoms with Crippen LogP contribution in [0, 0.1) is 0 Å². The number of phenols is 1. The molecule has 0 radical (unpaired) electrons. The smallest absolute Gasteiger partial charge is 0.505 e. The molecule has 4 aromatic carbocycles. The number of para-hydroxylation sites is 1. The largest absolute Gasteiger partial charge is 0.511 e. The van der Waals surface area contributed by atoms with Gasteiger partial charge >= 0.3 is 6.16 Å². The predicted octanol–water partition coefficient (Wildman–Crippen LogP) is 7.39.